The molecular weight excluding hydrogens is 277 g/mol. The van der Waals surface area contributed by atoms with E-state index in [4.69, 9.17) is 5.11 Å². The smallest absolute Gasteiger partial charge is 0.341 e. The Labute approximate surface area is 119 Å². The van der Waals surface area contributed by atoms with Crippen molar-refractivity contribution in [2.24, 2.45) is 0 Å². The van der Waals surface area contributed by atoms with Crippen molar-refractivity contribution in [1.29, 1.82) is 0 Å². The van der Waals surface area contributed by atoms with E-state index in [-0.39, 0.29) is 15.7 Å². The van der Waals surface area contributed by atoms with Crippen LogP contribution in [0, 0.1) is 0 Å². The number of aromatic nitrogens is 1. The van der Waals surface area contributed by atoms with E-state index >= 15 is 0 Å². The molecule has 1 aromatic carbocycles. The van der Waals surface area contributed by atoms with Gasteiger partial charge in [0, 0.05) is 37.3 Å². The SMILES string of the molecule is O=C(O)c1cn(F)c2cc(N3CCNCC3)ccc2c1=O. The maximum Gasteiger partial charge on any atom is 0.341 e. The highest BCUT2D eigenvalue weighted by atomic mass is 19.2. The third-order valence-corrected chi connectivity index (χ3v) is 3.66. The summed E-state index contributed by atoms with van der Waals surface area (Å²) in [5.74, 6) is -1.43. The summed E-state index contributed by atoms with van der Waals surface area (Å²) in [6.07, 6.45) is 0.717. The molecule has 0 amide bonds. The molecule has 0 saturated carbocycles. The van der Waals surface area contributed by atoms with Gasteiger partial charge in [-0.05, 0) is 18.2 Å². The van der Waals surface area contributed by atoms with E-state index in [1.165, 1.54) is 6.07 Å². The van der Waals surface area contributed by atoms with Gasteiger partial charge in [-0.1, -0.05) is 4.48 Å². The van der Waals surface area contributed by atoms with Crippen LogP contribution in [-0.4, -0.2) is 42.0 Å². The van der Waals surface area contributed by atoms with Crippen LogP contribution in [0.1, 0.15) is 10.4 Å². The van der Waals surface area contributed by atoms with E-state index in [9.17, 15) is 14.1 Å². The molecule has 2 N–H and O–H groups in total. The summed E-state index contributed by atoms with van der Waals surface area (Å²) in [6.45, 7) is 3.29. The highest BCUT2D eigenvalue weighted by Crippen LogP contribution is 2.21. The number of halogens is 1. The molecule has 0 radical (unpaired) electrons. The number of carboxylic acids is 1. The standard InChI is InChI=1S/C14H14FN3O3/c15-18-8-11(14(20)21)13(19)10-2-1-9(7-12(10)18)17-5-3-16-4-6-17/h1-2,7-8,16H,3-6H2,(H,20,21). The second-order valence-corrected chi connectivity index (χ2v) is 4.93. The largest absolute Gasteiger partial charge is 0.477 e. The van der Waals surface area contributed by atoms with E-state index in [1.54, 1.807) is 12.1 Å². The van der Waals surface area contributed by atoms with Gasteiger partial charge >= 0.3 is 5.97 Å². The third-order valence-electron chi connectivity index (χ3n) is 3.66. The van der Waals surface area contributed by atoms with Crippen molar-refractivity contribution in [2.45, 2.75) is 0 Å². The number of carboxylic acid groups (broad SMARTS) is 1. The lowest BCUT2D eigenvalue weighted by Crippen LogP contribution is -2.43. The lowest BCUT2D eigenvalue weighted by Gasteiger charge is -2.29. The van der Waals surface area contributed by atoms with Crippen LogP contribution in [0.25, 0.3) is 10.9 Å². The Morgan fingerprint density at radius 3 is 2.67 bits per heavy atom. The molecule has 0 spiro atoms. The van der Waals surface area contributed by atoms with Crippen molar-refractivity contribution < 1.29 is 14.4 Å². The molecule has 2 aromatic rings. The van der Waals surface area contributed by atoms with Gasteiger partial charge in [-0.15, -0.1) is 0 Å². The van der Waals surface area contributed by atoms with E-state index in [2.05, 4.69) is 10.2 Å². The summed E-state index contributed by atoms with van der Waals surface area (Å²) in [4.78, 5) is 25.3. The number of piperazine rings is 1. The summed E-state index contributed by atoms with van der Waals surface area (Å²) < 4.78 is 14.0. The molecule has 7 heteroatoms. The summed E-state index contributed by atoms with van der Waals surface area (Å²) in [6, 6.07) is 4.78. The number of benzene rings is 1. The van der Waals surface area contributed by atoms with Gasteiger partial charge in [0.1, 0.15) is 5.56 Å². The Bertz CT molecular complexity index is 766. The lowest BCUT2D eigenvalue weighted by molar-refractivity contribution is 0.0693. The maximum absolute atomic E-state index is 14.0. The van der Waals surface area contributed by atoms with Gasteiger partial charge in [-0.25, -0.2) is 4.79 Å². The van der Waals surface area contributed by atoms with Gasteiger partial charge in [-0.3, -0.25) is 4.79 Å². The maximum atomic E-state index is 14.0. The monoisotopic (exact) mass is 291 g/mol. The first-order chi connectivity index (χ1) is 10.1. The molecule has 6 nitrogen and oxygen atoms in total. The Hall–Kier alpha value is -2.41. The Kier molecular flexibility index (Phi) is 3.34. The topological polar surface area (TPSA) is 74.6 Å². The van der Waals surface area contributed by atoms with E-state index in [1.807, 2.05) is 0 Å². The van der Waals surface area contributed by atoms with Crippen LogP contribution < -0.4 is 15.6 Å². The first kappa shape index (κ1) is 13.6. The van der Waals surface area contributed by atoms with Crippen molar-refractivity contribution in [3.63, 3.8) is 0 Å². The zero-order valence-electron chi connectivity index (χ0n) is 11.2. The van der Waals surface area contributed by atoms with Crippen LogP contribution in [-0.2, 0) is 0 Å². The van der Waals surface area contributed by atoms with Gasteiger partial charge in [0.15, 0.2) is 0 Å². The van der Waals surface area contributed by atoms with Crippen LogP contribution in [0.4, 0.5) is 10.2 Å². The number of nitrogens with one attached hydrogen (secondary N) is 1. The quantitative estimate of drug-likeness (QED) is 0.857. The number of aromatic carboxylic acids is 1. The molecule has 1 aliphatic rings. The Morgan fingerprint density at radius 1 is 1.29 bits per heavy atom. The molecule has 2 heterocycles. The number of hydrogen-bond donors (Lipinski definition) is 2. The minimum Gasteiger partial charge on any atom is -0.477 e. The van der Waals surface area contributed by atoms with Gasteiger partial charge in [0.25, 0.3) is 0 Å². The predicted octanol–water partition coefficient (Wildman–Crippen LogP) is 0.842. The first-order valence-electron chi connectivity index (χ1n) is 6.62. The van der Waals surface area contributed by atoms with Crippen LogP contribution in [0.5, 0.6) is 0 Å². The molecule has 1 aromatic heterocycles. The molecule has 1 aliphatic heterocycles. The molecule has 0 bridgehead atoms. The molecule has 0 atom stereocenters. The van der Waals surface area contributed by atoms with Crippen molar-refractivity contribution in [3.05, 3.63) is 40.2 Å². The average molecular weight is 291 g/mol. The normalized spacial score (nSPS) is 15.4. The van der Waals surface area contributed by atoms with E-state index < -0.39 is 17.0 Å². The van der Waals surface area contributed by atoms with Gasteiger partial charge in [-0.2, -0.15) is 4.79 Å². The van der Waals surface area contributed by atoms with Crippen LogP contribution in [0.2, 0.25) is 0 Å². The molecule has 0 unspecified atom stereocenters. The molecular formula is C14H14FN3O3. The van der Waals surface area contributed by atoms with Gasteiger partial charge in [0.05, 0.1) is 11.7 Å². The summed E-state index contributed by atoms with van der Waals surface area (Å²) in [5, 5.41) is 12.2. The number of nitrogens with zero attached hydrogens (tertiary/aromatic N) is 2. The number of carbonyl (C=O) groups is 1. The molecule has 1 fully saturated rings. The zero-order chi connectivity index (χ0) is 15.0. The van der Waals surface area contributed by atoms with Gasteiger partial charge in [0.2, 0.25) is 5.43 Å². The zero-order valence-corrected chi connectivity index (χ0v) is 11.2. The average Bonchev–Trinajstić information content (AvgIpc) is 2.51. The van der Waals surface area contributed by atoms with Gasteiger partial charge < -0.3 is 15.3 Å². The number of anilines is 1. The minimum absolute atomic E-state index is 0.0660. The summed E-state index contributed by atoms with van der Waals surface area (Å²) >= 11 is 0. The number of fused-ring (bicyclic) bond motifs is 1. The predicted molar refractivity (Wildman–Crippen MR) is 76.8 cm³/mol. The fourth-order valence-electron chi connectivity index (χ4n) is 2.55. The van der Waals surface area contributed by atoms with Crippen LogP contribution in [0.3, 0.4) is 0 Å². The van der Waals surface area contributed by atoms with E-state index in [0.717, 1.165) is 31.9 Å². The lowest BCUT2D eigenvalue weighted by atomic mass is 10.1. The second kappa shape index (κ2) is 5.17. The Morgan fingerprint density at radius 2 is 2.00 bits per heavy atom. The Balaban J connectivity index is 2.14. The molecule has 21 heavy (non-hydrogen) atoms. The van der Waals surface area contributed by atoms with Crippen molar-refractivity contribution in [1.82, 2.24) is 10.1 Å². The number of hydrogen-bond acceptors (Lipinski definition) is 4. The van der Waals surface area contributed by atoms with Crippen molar-refractivity contribution in [2.75, 3.05) is 31.1 Å². The fourth-order valence-corrected chi connectivity index (χ4v) is 2.55. The second-order valence-electron chi connectivity index (χ2n) is 4.93. The minimum atomic E-state index is -1.43. The summed E-state index contributed by atoms with van der Waals surface area (Å²) in [5.41, 5.74) is -0.336. The van der Waals surface area contributed by atoms with Crippen molar-refractivity contribution in [3.8, 4) is 0 Å². The third kappa shape index (κ3) is 2.36. The molecule has 3 rings (SSSR count). The highest BCUT2D eigenvalue weighted by Gasteiger charge is 2.17. The fraction of sp³-hybridized carbons (Fsp3) is 0.286. The summed E-state index contributed by atoms with van der Waals surface area (Å²) in [7, 11) is 0. The van der Waals surface area contributed by atoms with Crippen LogP contribution >= 0.6 is 0 Å². The number of rotatable bonds is 2. The van der Waals surface area contributed by atoms with Crippen molar-refractivity contribution >= 4 is 22.6 Å². The number of pyridine rings is 1. The molecule has 1 saturated heterocycles. The highest BCUT2D eigenvalue weighted by molar-refractivity contribution is 5.93. The molecule has 110 valence electrons. The van der Waals surface area contributed by atoms with E-state index in [0.29, 0.717) is 6.20 Å². The first-order valence-corrected chi connectivity index (χ1v) is 6.62. The molecule has 0 aliphatic carbocycles. The van der Waals surface area contributed by atoms with Crippen LogP contribution in [0.15, 0.2) is 29.2 Å².